The van der Waals surface area contributed by atoms with Gasteiger partial charge in [-0.1, -0.05) is 147 Å². The van der Waals surface area contributed by atoms with E-state index >= 15 is 0 Å². The number of aliphatic hydroxyl groups is 3. The largest absolute Gasteiger partial charge is 0.393 e. The van der Waals surface area contributed by atoms with Crippen LogP contribution in [0.5, 0.6) is 0 Å². The highest BCUT2D eigenvalue weighted by Gasteiger charge is 2.34. The molecule has 43 heavy (non-hydrogen) atoms. The Kier molecular flexibility index (Phi) is 14.1. The standard InChI is InChI=1S/C40H56O3/c1-29(16-12-17-31(3)20-22-37-32(4)24-35(42)26-39(37,6)7)14-10-11-15-30(2)18-13-19-34(28-41)21-23-38-33(5)25-36(43)27-40(38,8)9/h10-24,35-37,41-43H,25-28H2,1-9H3/b11-10+,16-12+,18-13+,22-20+,23-21+,29-14+,30-15+,31-17+,34-19+/t35-,36+,37-/m0/s1. The Morgan fingerprint density at radius 1 is 0.791 bits per heavy atom. The highest BCUT2D eigenvalue weighted by atomic mass is 16.3. The third-order valence-corrected chi connectivity index (χ3v) is 8.41. The van der Waals surface area contributed by atoms with Crippen LogP contribution < -0.4 is 0 Å². The minimum absolute atomic E-state index is 0.0256. The molecule has 0 aromatic heterocycles. The average Bonchev–Trinajstić information content (AvgIpc) is 2.87. The van der Waals surface area contributed by atoms with Crippen LogP contribution >= 0.6 is 0 Å². The molecule has 0 spiro atoms. The number of hydrogen-bond acceptors (Lipinski definition) is 3. The van der Waals surface area contributed by atoms with Gasteiger partial charge < -0.3 is 15.3 Å². The molecule has 2 aliphatic carbocycles. The second-order valence-electron chi connectivity index (χ2n) is 13.7. The summed E-state index contributed by atoms with van der Waals surface area (Å²) < 4.78 is 0. The first-order valence-electron chi connectivity index (χ1n) is 15.6. The van der Waals surface area contributed by atoms with Gasteiger partial charge in [0.25, 0.3) is 0 Å². The number of aliphatic hydroxyl groups excluding tert-OH is 3. The van der Waals surface area contributed by atoms with Gasteiger partial charge >= 0.3 is 0 Å². The Hall–Kier alpha value is -2.98. The van der Waals surface area contributed by atoms with Gasteiger partial charge in [0.1, 0.15) is 0 Å². The molecular formula is C40H56O3. The van der Waals surface area contributed by atoms with E-state index in [-0.39, 0.29) is 29.6 Å². The van der Waals surface area contributed by atoms with Crippen LogP contribution in [-0.2, 0) is 0 Å². The Balaban J connectivity index is 1.93. The van der Waals surface area contributed by atoms with Crippen molar-refractivity contribution < 1.29 is 15.3 Å². The van der Waals surface area contributed by atoms with Crippen molar-refractivity contribution in [2.24, 2.45) is 16.7 Å². The van der Waals surface area contributed by atoms with Crippen molar-refractivity contribution in [3.8, 4) is 0 Å². The van der Waals surface area contributed by atoms with Crippen molar-refractivity contribution >= 4 is 0 Å². The molecule has 0 saturated carbocycles. The molecule has 3 N–H and O–H groups in total. The zero-order valence-electron chi connectivity index (χ0n) is 28.1. The lowest BCUT2D eigenvalue weighted by Crippen LogP contribution is -2.32. The van der Waals surface area contributed by atoms with E-state index in [1.165, 1.54) is 22.3 Å². The van der Waals surface area contributed by atoms with Crippen LogP contribution in [0.4, 0.5) is 0 Å². The van der Waals surface area contributed by atoms with E-state index < -0.39 is 0 Å². The van der Waals surface area contributed by atoms with E-state index in [9.17, 15) is 15.3 Å². The first-order valence-corrected chi connectivity index (χ1v) is 15.6. The Bertz CT molecular complexity index is 1290. The van der Waals surface area contributed by atoms with Crippen LogP contribution in [0, 0.1) is 16.7 Å². The lowest BCUT2D eigenvalue weighted by molar-refractivity contribution is 0.116. The maximum atomic E-state index is 10.1. The highest BCUT2D eigenvalue weighted by Crippen LogP contribution is 2.42. The third kappa shape index (κ3) is 12.3. The molecule has 0 aliphatic heterocycles. The first-order chi connectivity index (χ1) is 20.1. The maximum Gasteiger partial charge on any atom is 0.0729 e. The van der Waals surface area contributed by atoms with E-state index in [0.717, 1.165) is 29.6 Å². The number of rotatable bonds is 11. The summed E-state index contributed by atoms with van der Waals surface area (Å²) in [6, 6.07) is 0. The number of allylic oxidation sites excluding steroid dienone is 18. The van der Waals surface area contributed by atoms with E-state index in [0.29, 0.717) is 12.3 Å². The summed E-state index contributed by atoms with van der Waals surface area (Å²) in [5, 5.41) is 30.0. The van der Waals surface area contributed by atoms with Gasteiger partial charge in [0.15, 0.2) is 0 Å². The molecule has 0 radical (unpaired) electrons. The average molecular weight is 585 g/mol. The quantitative estimate of drug-likeness (QED) is 0.167. The fourth-order valence-electron chi connectivity index (χ4n) is 6.20. The molecule has 0 unspecified atom stereocenters. The van der Waals surface area contributed by atoms with Gasteiger partial charge in [-0.05, 0) is 75.9 Å². The second-order valence-corrected chi connectivity index (χ2v) is 13.7. The normalized spacial score (nSPS) is 26.2. The van der Waals surface area contributed by atoms with Crippen molar-refractivity contribution in [2.45, 2.75) is 93.8 Å². The molecule has 0 amide bonds. The fourth-order valence-corrected chi connectivity index (χ4v) is 6.20. The van der Waals surface area contributed by atoms with Crippen molar-refractivity contribution in [1.82, 2.24) is 0 Å². The minimum atomic E-state index is -0.339. The zero-order valence-corrected chi connectivity index (χ0v) is 28.1. The van der Waals surface area contributed by atoms with E-state index in [4.69, 9.17) is 0 Å². The van der Waals surface area contributed by atoms with Gasteiger partial charge in [-0.25, -0.2) is 0 Å². The van der Waals surface area contributed by atoms with Crippen LogP contribution in [-0.4, -0.2) is 34.1 Å². The highest BCUT2D eigenvalue weighted by molar-refractivity contribution is 5.39. The molecule has 3 atom stereocenters. The molecule has 3 heteroatoms. The first kappa shape index (κ1) is 36.2. The molecule has 234 valence electrons. The summed E-state index contributed by atoms with van der Waals surface area (Å²) in [7, 11) is 0. The van der Waals surface area contributed by atoms with Crippen molar-refractivity contribution in [1.29, 1.82) is 0 Å². The molecule has 2 rings (SSSR count). The monoisotopic (exact) mass is 584 g/mol. The molecule has 0 fully saturated rings. The maximum absolute atomic E-state index is 10.1. The molecule has 0 aromatic carbocycles. The summed E-state index contributed by atoms with van der Waals surface area (Å²) in [5.74, 6) is 0.337. The summed E-state index contributed by atoms with van der Waals surface area (Å²) >= 11 is 0. The summed E-state index contributed by atoms with van der Waals surface area (Å²) in [6.07, 6.45) is 32.6. The van der Waals surface area contributed by atoms with Crippen LogP contribution in [0.2, 0.25) is 0 Å². The Morgan fingerprint density at radius 2 is 1.35 bits per heavy atom. The van der Waals surface area contributed by atoms with E-state index in [1.54, 1.807) is 0 Å². The summed E-state index contributed by atoms with van der Waals surface area (Å²) in [6.45, 7) is 19.2. The molecule has 0 saturated heterocycles. The molecule has 0 bridgehead atoms. The lowest BCUT2D eigenvalue weighted by Gasteiger charge is -2.38. The van der Waals surface area contributed by atoms with Gasteiger partial charge in [0.2, 0.25) is 0 Å². The van der Waals surface area contributed by atoms with Crippen LogP contribution in [0.15, 0.2) is 130 Å². The topological polar surface area (TPSA) is 60.7 Å². The predicted octanol–water partition coefficient (Wildman–Crippen LogP) is 9.38. The Labute approximate surface area is 262 Å². The Morgan fingerprint density at radius 3 is 1.91 bits per heavy atom. The molecule has 3 nitrogen and oxygen atoms in total. The van der Waals surface area contributed by atoms with E-state index in [2.05, 4.69) is 111 Å². The number of hydrogen-bond donors (Lipinski definition) is 3. The second kappa shape index (κ2) is 16.8. The van der Waals surface area contributed by atoms with Crippen LogP contribution in [0.1, 0.15) is 81.6 Å². The van der Waals surface area contributed by atoms with Gasteiger partial charge in [0.05, 0.1) is 18.8 Å². The van der Waals surface area contributed by atoms with E-state index in [1.807, 2.05) is 42.5 Å². The SMILES string of the molecule is CC1=C[C@H](O)CC(C)(C)[C@H]1/C=C/C(C)=C/C=C/C(C)=C/C=C/C=C(C)/C=C/C=C(\C=C\C1=C(C)C[C@@H](O)CC1(C)C)CO. The van der Waals surface area contributed by atoms with Gasteiger partial charge in [-0.3, -0.25) is 0 Å². The fraction of sp³-hybridized carbons (Fsp3) is 0.450. The van der Waals surface area contributed by atoms with Gasteiger partial charge in [0, 0.05) is 5.92 Å². The van der Waals surface area contributed by atoms with Crippen molar-refractivity contribution in [2.75, 3.05) is 6.61 Å². The molecule has 0 heterocycles. The summed E-state index contributed by atoms with van der Waals surface area (Å²) in [4.78, 5) is 0. The zero-order chi connectivity index (χ0) is 32.2. The van der Waals surface area contributed by atoms with Crippen LogP contribution in [0.25, 0.3) is 0 Å². The van der Waals surface area contributed by atoms with Gasteiger partial charge in [-0.2, -0.15) is 0 Å². The van der Waals surface area contributed by atoms with Gasteiger partial charge in [-0.15, -0.1) is 0 Å². The lowest BCUT2D eigenvalue weighted by atomic mass is 9.67. The predicted molar refractivity (Wildman–Crippen MR) is 186 cm³/mol. The van der Waals surface area contributed by atoms with Crippen LogP contribution in [0.3, 0.4) is 0 Å². The summed E-state index contributed by atoms with van der Waals surface area (Å²) in [5.41, 5.74) is 7.98. The van der Waals surface area contributed by atoms with Crippen molar-refractivity contribution in [3.63, 3.8) is 0 Å². The minimum Gasteiger partial charge on any atom is -0.393 e. The molecule has 0 aromatic rings. The molecular weight excluding hydrogens is 528 g/mol. The smallest absolute Gasteiger partial charge is 0.0729 e. The third-order valence-electron chi connectivity index (χ3n) is 8.41. The van der Waals surface area contributed by atoms with Crippen molar-refractivity contribution in [3.05, 3.63) is 130 Å². The molecule has 2 aliphatic rings.